The Morgan fingerprint density at radius 1 is 1.12 bits per heavy atom. The van der Waals surface area contributed by atoms with Crippen LogP contribution in [0.3, 0.4) is 0 Å². The molecule has 0 aliphatic carbocycles. The van der Waals surface area contributed by atoms with E-state index in [-0.39, 0.29) is 16.1 Å². The van der Waals surface area contributed by atoms with Crippen LogP contribution in [0.4, 0.5) is 5.69 Å². The number of esters is 1. The predicted molar refractivity (Wildman–Crippen MR) is 91.3 cm³/mol. The number of hydrogen-bond donors (Lipinski definition) is 1. The standard InChI is InChI=1S/C16H16ClNO5S/c1-10-4-6-12(9-13(10)16(19)23-3)24(20,21)18-14-8-11(17)5-7-15(14)22-2/h4-9,18H,1-3H3. The van der Waals surface area contributed by atoms with Crippen LogP contribution >= 0.6 is 11.6 Å². The van der Waals surface area contributed by atoms with Crippen molar-refractivity contribution < 1.29 is 22.7 Å². The lowest BCUT2D eigenvalue weighted by Gasteiger charge is -2.13. The van der Waals surface area contributed by atoms with Crippen molar-refractivity contribution in [2.24, 2.45) is 0 Å². The highest BCUT2D eigenvalue weighted by molar-refractivity contribution is 7.92. The molecule has 0 bridgehead atoms. The van der Waals surface area contributed by atoms with Crippen LogP contribution in [0.1, 0.15) is 15.9 Å². The van der Waals surface area contributed by atoms with Crippen LogP contribution in [-0.4, -0.2) is 28.6 Å². The monoisotopic (exact) mass is 369 g/mol. The predicted octanol–water partition coefficient (Wildman–Crippen LogP) is 3.24. The summed E-state index contributed by atoms with van der Waals surface area (Å²) in [5.41, 5.74) is 0.991. The molecule has 0 spiro atoms. The normalized spacial score (nSPS) is 11.0. The van der Waals surface area contributed by atoms with Crippen molar-refractivity contribution in [1.29, 1.82) is 0 Å². The summed E-state index contributed by atoms with van der Waals surface area (Å²) >= 11 is 5.90. The number of methoxy groups -OCH3 is 2. The number of benzene rings is 2. The van der Waals surface area contributed by atoms with Gasteiger partial charge in [-0.05, 0) is 42.8 Å². The maximum Gasteiger partial charge on any atom is 0.338 e. The summed E-state index contributed by atoms with van der Waals surface area (Å²) in [5, 5.41) is 0.354. The van der Waals surface area contributed by atoms with E-state index in [1.54, 1.807) is 19.1 Å². The van der Waals surface area contributed by atoms with Gasteiger partial charge in [0, 0.05) is 5.02 Å². The molecule has 8 heteroatoms. The van der Waals surface area contributed by atoms with Gasteiger partial charge in [-0.25, -0.2) is 13.2 Å². The lowest BCUT2D eigenvalue weighted by Crippen LogP contribution is -2.15. The minimum Gasteiger partial charge on any atom is -0.495 e. The molecule has 0 fully saturated rings. The zero-order valence-corrected chi connectivity index (χ0v) is 14.9. The highest BCUT2D eigenvalue weighted by Crippen LogP contribution is 2.30. The Hall–Kier alpha value is -2.25. The third kappa shape index (κ3) is 3.80. The summed E-state index contributed by atoms with van der Waals surface area (Å²) in [6.45, 7) is 1.69. The molecule has 2 rings (SSSR count). The number of nitrogens with one attached hydrogen (secondary N) is 1. The quantitative estimate of drug-likeness (QED) is 0.818. The molecule has 2 aromatic carbocycles. The van der Waals surface area contributed by atoms with E-state index < -0.39 is 16.0 Å². The molecular formula is C16H16ClNO5S. The van der Waals surface area contributed by atoms with Crippen LogP contribution in [0, 0.1) is 6.92 Å². The largest absolute Gasteiger partial charge is 0.495 e. The number of halogens is 1. The molecule has 24 heavy (non-hydrogen) atoms. The second-order valence-corrected chi connectivity index (χ2v) is 7.04. The summed E-state index contributed by atoms with van der Waals surface area (Å²) in [6.07, 6.45) is 0. The summed E-state index contributed by atoms with van der Waals surface area (Å²) in [4.78, 5) is 11.7. The van der Waals surface area contributed by atoms with Gasteiger partial charge in [0.2, 0.25) is 0 Å². The van der Waals surface area contributed by atoms with Gasteiger partial charge in [0.25, 0.3) is 10.0 Å². The SMILES string of the molecule is COC(=O)c1cc(S(=O)(=O)Nc2cc(Cl)ccc2OC)ccc1C. The highest BCUT2D eigenvalue weighted by Gasteiger charge is 2.20. The van der Waals surface area contributed by atoms with E-state index in [9.17, 15) is 13.2 Å². The number of anilines is 1. The minimum absolute atomic E-state index is 0.0736. The fourth-order valence-corrected chi connectivity index (χ4v) is 3.32. The van der Waals surface area contributed by atoms with Crippen LogP contribution in [0.25, 0.3) is 0 Å². The fraction of sp³-hybridized carbons (Fsp3) is 0.188. The Kier molecular flexibility index (Phi) is 5.36. The van der Waals surface area contributed by atoms with Crippen molar-refractivity contribution in [3.05, 3.63) is 52.5 Å². The van der Waals surface area contributed by atoms with Crippen molar-refractivity contribution in [2.45, 2.75) is 11.8 Å². The molecule has 0 saturated carbocycles. The molecule has 2 aromatic rings. The van der Waals surface area contributed by atoms with Crippen LogP contribution in [-0.2, 0) is 14.8 Å². The van der Waals surface area contributed by atoms with Gasteiger partial charge < -0.3 is 9.47 Å². The van der Waals surface area contributed by atoms with Gasteiger partial charge in [0.05, 0.1) is 30.4 Å². The number of aryl methyl sites for hydroxylation is 1. The zero-order valence-electron chi connectivity index (χ0n) is 13.3. The first-order chi connectivity index (χ1) is 11.3. The van der Waals surface area contributed by atoms with Gasteiger partial charge in [0.1, 0.15) is 5.75 Å². The third-order valence-corrected chi connectivity index (χ3v) is 4.93. The van der Waals surface area contributed by atoms with E-state index in [0.717, 1.165) is 0 Å². The average molecular weight is 370 g/mol. The Bertz CT molecular complexity index is 880. The molecule has 128 valence electrons. The van der Waals surface area contributed by atoms with E-state index in [1.807, 2.05) is 0 Å². The van der Waals surface area contributed by atoms with Crippen molar-refractivity contribution in [2.75, 3.05) is 18.9 Å². The van der Waals surface area contributed by atoms with E-state index >= 15 is 0 Å². The molecule has 1 N–H and O–H groups in total. The van der Waals surface area contributed by atoms with E-state index in [0.29, 0.717) is 16.3 Å². The molecule has 0 heterocycles. The Morgan fingerprint density at radius 3 is 2.46 bits per heavy atom. The summed E-state index contributed by atoms with van der Waals surface area (Å²) < 4.78 is 37.4. The maximum absolute atomic E-state index is 12.6. The van der Waals surface area contributed by atoms with Gasteiger partial charge in [-0.2, -0.15) is 0 Å². The van der Waals surface area contributed by atoms with E-state index in [2.05, 4.69) is 9.46 Å². The number of carbonyl (C=O) groups is 1. The second-order valence-electron chi connectivity index (χ2n) is 4.92. The zero-order chi connectivity index (χ0) is 17.9. The molecule has 0 aliphatic heterocycles. The van der Waals surface area contributed by atoms with Gasteiger partial charge in [-0.3, -0.25) is 4.72 Å². The molecule has 0 atom stereocenters. The van der Waals surface area contributed by atoms with E-state index in [1.165, 1.54) is 38.5 Å². The minimum atomic E-state index is -3.94. The number of hydrogen-bond acceptors (Lipinski definition) is 5. The van der Waals surface area contributed by atoms with Crippen LogP contribution in [0.5, 0.6) is 5.75 Å². The first-order valence-electron chi connectivity index (χ1n) is 6.84. The molecule has 0 amide bonds. The topological polar surface area (TPSA) is 81.7 Å². The van der Waals surface area contributed by atoms with Crippen molar-refractivity contribution in [3.63, 3.8) is 0 Å². The van der Waals surface area contributed by atoms with E-state index in [4.69, 9.17) is 16.3 Å². The molecule has 0 aliphatic rings. The molecular weight excluding hydrogens is 354 g/mol. The average Bonchev–Trinajstić information content (AvgIpc) is 2.54. The second kappa shape index (κ2) is 7.11. The molecule has 0 saturated heterocycles. The Labute approximate surface area is 145 Å². The van der Waals surface area contributed by atoms with Crippen molar-refractivity contribution >= 4 is 33.3 Å². The fourth-order valence-electron chi connectivity index (χ4n) is 2.06. The summed E-state index contributed by atoms with van der Waals surface area (Å²) in [6, 6.07) is 8.78. The molecule has 0 radical (unpaired) electrons. The number of ether oxygens (including phenoxy) is 2. The number of carbonyl (C=O) groups excluding carboxylic acids is 1. The van der Waals surface area contributed by atoms with Crippen LogP contribution in [0.2, 0.25) is 5.02 Å². The summed E-state index contributed by atoms with van der Waals surface area (Å²) in [7, 11) is -1.29. The highest BCUT2D eigenvalue weighted by atomic mass is 35.5. The lowest BCUT2D eigenvalue weighted by molar-refractivity contribution is 0.0599. The first-order valence-corrected chi connectivity index (χ1v) is 8.70. The van der Waals surface area contributed by atoms with Gasteiger partial charge in [0.15, 0.2) is 0 Å². The van der Waals surface area contributed by atoms with Gasteiger partial charge in [-0.15, -0.1) is 0 Å². The molecule has 6 nitrogen and oxygen atoms in total. The first kappa shape index (κ1) is 18.1. The smallest absolute Gasteiger partial charge is 0.338 e. The lowest BCUT2D eigenvalue weighted by atomic mass is 10.1. The Balaban J connectivity index is 2.45. The third-order valence-electron chi connectivity index (χ3n) is 3.33. The van der Waals surface area contributed by atoms with Crippen LogP contribution < -0.4 is 9.46 Å². The van der Waals surface area contributed by atoms with Crippen LogP contribution in [0.15, 0.2) is 41.3 Å². The van der Waals surface area contributed by atoms with Gasteiger partial charge in [-0.1, -0.05) is 17.7 Å². The van der Waals surface area contributed by atoms with Crippen molar-refractivity contribution in [1.82, 2.24) is 0 Å². The molecule has 0 unspecified atom stereocenters. The summed E-state index contributed by atoms with van der Waals surface area (Å²) in [5.74, 6) is -0.284. The number of sulfonamides is 1. The number of rotatable bonds is 5. The maximum atomic E-state index is 12.6. The van der Waals surface area contributed by atoms with Gasteiger partial charge >= 0.3 is 5.97 Å². The molecule has 0 aromatic heterocycles. The van der Waals surface area contributed by atoms with Crippen molar-refractivity contribution in [3.8, 4) is 5.75 Å². The Morgan fingerprint density at radius 2 is 1.83 bits per heavy atom.